The molecular weight excluding hydrogens is 1600 g/mol. The number of aromatic nitrogens is 3. The van der Waals surface area contributed by atoms with Crippen molar-refractivity contribution in [3.05, 3.63) is 126 Å². The van der Waals surface area contributed by atoms with Crippen molar-refractivity contribution in [2.24, 2.45) is 23.1 Å². The van der Waals surface area contributed by atoms with Gasteiger partial charge in [0.05, 0.1) is 12.0 Å². The van der Waals surface area contributed by atoms with Crippen LogP contribution in [0, 0.1) is 11.3 Å². The zero-order chi connectivity index (χ0) is 87.1. The van der Waals surface area contributed by atoms with Crippen LogP contribution >= 0.6 is 37.9 Å². The van der Waals surface area contributed by atoms with E-state index in [0.717, 1.165) is 5.56 Å². The predicted octanol–water partition coefficient (Wildman–Crippen LogP) is -1.45. The lowest BCUT2D eigenvalue weighted by atomic mass is 10.0. The third-order valence-electron chi connectivity index (χ3n) is 19.4. The number of likely N-dealkylation sites (tertiary alicyclic amines) is 1. The fourth-order valence-electron chi connectivity index (χ4n) is 13.0. The summed E-state index contributed by atoms with van der Waals surface area (Å²) in [5.74, 6) is -14.5. The molecular formula is C78H111N21O17S3. The molecule has 12 atom stereocenters. The Hall–Kier alpha value is -11.5. The lowest BCUT2D eigenvalue weighted by Gasteiger charge is -2.31. The first-order valence-electron chi connectivity index (χ1n) is 39.2. The van der Waals surface area contributed by atoms with Gasteiger partial charge >= 0.3 is 12.1 Å². The van der Waals surface area contributed by atoms with Crippen molar-refractivity contribution >= 4 is 144 Å². The van der Waals surface area contributed by atoms with Crippen molar-refractivity contribution in [3.8, 4) is 0 Å². The number of thiol groups is 3. The van der Waals surface area contributed by atoms with E-state index in [1.807, 2.05) is 6.07 Å². The molecule has 38 nitrogen and oxygen atoms in total. The summed E-state index contributed by atoms with van der Waals surface area (Å²) < 4.78 is 5.34. The molecule has 3 heterocycles. The smallest absolute Gasteiger partial charge is 0.407 e. The third-order valence-corrected chi connectivity index (χ3v) is 20.5. The molecule has 23 N–H and O–H groups in total. The van der Waals surface area contributed by atoms with Crippen molar-refractivity contribution in [3.63, 3.8) is 0 Å². The van der Waals surface area contributed by atoms with E-state index in [4.69, 9.17) is 27.3 Å². The number of primary amides is 1. The van der Waals surface area contributed by atoms with Crippen molar-refractivity contribution in [2.75, 3.05) is 43.4 Å². The van der Waals surface area contributed by atoms with E-state index in [1.165, 1.54) is 24.3 Å². The number of fused-ring (bicyclic) bond motifs is 1. The number of rotatable bonds is 51. The molecule has 0 spiro atoms. The number of nitrogens with zero attached hydrogens (tertiary/aromatic N) is 2. The second-order valence-corrected chi connectivity index (χ2v) is 30.0. The van der Waals surface area contributed by atoms with Crippen molar-refractivity contribution in [1.82, 2.24) is 89.0 Å². The van der Waals surface area contributed by atoms with Gasteiger partial charge in [-0.25, -0.2) is 9.78 Å². The number of benzene rings is 3. The van der Waals surface area contributed by atoms with Gasteiger partial charge in [-0.05, 0) is 106 Å². The van der Waals surface area contributed by atoms with Gasteiger partial charge in [-0.2, -0.15) is 37.9 Å². The van der Waals surface area contributed by atoms with E-state index in [-0.39, 0.29) is 101 Å². The molecule has 5 aromatic rings. The maximum Gasteiger partial charge on any atom is 0.407 e. The highest BCUT2D eigenvalue weighted by Crippen LogP contribution is 2.23. The van der Waals surface area contributed by atoms with Crippen LogP contribution in [0.1, 0.15) is 120 Å². The van der Waals surface area contributed by atoms with E-state index in [2.05, 4.69) is 122 Å². The normalized spacial score (nSPS) is 15.2. The lowest BCUT2D eigenvalue weighted by Crippen LogP contribution is -2.61. The zero-order valence-corrected chi connectivity index (χ0v) is 69.2. The standard InChI is InChI=1S/C78H111N21O17S3/c1-44(2)64(65(80)103)98-75(113)62-27-17-33-99(62)76(114)55(25-13-15-31-85-78(115)116-39-47-20-8-5-9-21-47)91-73(111)60(41-118)96-70(108)57(35-48-37-86-51-23-11-10-22-50(48)51)93-67(105)53(26-16-32-84-77(81)82)89-69(107)56(34-46-18-6-4-7-19-46)92-71(109)58(36-49-38-83-43-87-49)94-68(106)54(28-29-63(101)102)90-72(110)59(40-117)97-74(112)61(42-119)95-66(104)52(88-45(3)100)24-12-14-30-79/h4-11,18-23,37-38,43-44,52-62,64,86,117-119H,12-17,24-36,39-42,79H2,1-3H3,(H2,80,103)(H,83,87)(H,85,115)(H,88,100)(H,89,107)(H,90,110)(H,91,111)(H,92,109)(H,93,105)(H,94,106)(H,95,104)(H,96,108)(H,97,112)(H,98,113)(H,101,102)(H4,81,82,84)/t52-,53-,54-,55-,56+,57-,58-,59-,60-,61-,62-,64-/m0/s1. The minimum atomic E-state index is -1.74. The van der Waals surface area contributed by atoms with Gasteiger partial charge in [0, 0.05) is 92.8 Å². The van der Waals surface area contributed by atoms with Crippen molar-refractivity contribution < 1.29 is 81.8 Å². The molecule has 1 saturated heterocycles. The van der Waals surface area contributed by atoms with Gasteiger partial charge in [-0.1, -0.05) is 92.7 Å². The molecule has 0 aliphatic carbocycles. The Morgan fingerprint density at radius 2 is 1.02 bits per heavy atom. The van der Waals surface area contributed by atoms with Crippen molar-refractivity contribution in [1.29, 1.82) is 5.41 Å². The van der Waals surface area contributed by atoms with Gasteiger partial charge in [0.15, 0.2) is 5.96 Å². The maximum atomic E-state index is 15.3. The van der Waals surface area contributed by atoms with Gasteiger partial charge in [-0.15, -0.1) is 0 Å². The highest BCUT2D eigenvalue weighted by atomic mass is 32.1. The number of guanidine groups is 1. The number of unbranched alkanes of at least 4 members (excludes halogenated alkanes) is 2. The number of carbonyl (C=O) groups is 15. The SMILES string of the molecule is CC(=O)N[C@@H](CCCCN)C(=O)N[C@@H](CS)C(=O)N[C@@H](CS)C(=O)N[C@@H](CCC(=O)O)C(=O)N[C@@H](Cc1c[nH]cn1)C(=O)N[C@H](Cc1ccccc1)C(=O)N[C@@H](CCCNC(=N)N)C(=O)N[C@@H](Cc1c[nH]c2ccccc12)C(=O)N[C@@H](CS)C(=O)N[C@@H](CCCCNC(=O)OCc1ccccc1)C(=O)N1CCC[C@H]1C(=O)N[C@H](C(N)=O)C(C)C. The molecule has 6 rings (SSSR count). The van der Waals surface area contributed by atoms with Crippen LogP contribution in [0.5, 0.6) is 0 Å². The van der Waals surface area contributed by atoms with Gasteiger partial charge < -0.3 is 111 Å². The van der Waals surface area contributed by atoms with Gasteiger partial charge in [0.25, 0.3) is 0 Å². The molecule has 0 bridgehead atoms. The number of alkyl carbamates (subject to hydrolysis) is 1. The monoisotopic (exact) mass is 1710 g/mol. The van der Waals surface area contributed by atoms with Crippen LogP contribution in [0.3, 0.4) is 0 Å². The molecule has 648 valence electrons. The molecule has 0 saturated carbocycles. The number of hydrogen-bond acceptors (Lipinski definition) is 22. The first-order chi connectivity index (χ1) is 56.9. The first-order valence-corrected chi connectivity index (χ1v) is 41.1. The topological polar surface area (TPSA) is 592 Å². The number of nitrogens with one attached hydrogen (secondary N) is 16. The summed E-state index contributed by atoms with van der Waals surface area (Å²) in [4.78, 5) is 221. The minimum Gasteiger partial charge on any atom is -0.481 e. The highest BCUT2D eigenvalue weighted by Gasteiger charge is 2.41. The number of para-hydroxylation sites is 1. The Labute approximate surface area is 704 Å². The van der Waals surface area contributed by atoms with Gasteiger partial charge in [-0.3, -0.25) is 72.5 Å². The van der Waals surface area contributed by atoms with Crippen LogP contribution in [-0.2, 0) is 97.7 Å². The summed E-state index contributed by atoms with van der Waals surface area (Å²) in [5.41, 5.74) is 19.5. The predicted molar refractivity (Wildman–Crippen MR) is 449 cm³/mol. The second-order valence-electron chi connectivity index (χ2n) is 28.9. The number of H-pyrrole nitrogens is 2. The average molecular weight is 1710 g/mol. The Morgan fingerprint density at radius 3 is 1.55 bits per heavy atom. The molecule has 1 aliphatic heterocycles. The van der Waals surface area contributed by atoms with Crippen LogP contribution in [0.25, 0.3) is 10.9 Å². The molecule has 3 aromatic carbocycles. The number of aliphatic carboxylic acids is 1. The summed E-state index contributed by atoms with van der Waals surface area (Å²) >= 11 is 12.9. The van der Waals surface area contributed by atoms with Crippen LogP contribution in [-0.4, -0.2) is 236 Å². The Morgan fingerprint density at radius 1 is 0.546 bits per heavy atom. The number of ether oxygens (including phenoxy) is 1. The van der Waals surface area contributed by atoms with Gasteiger partial charge in [0.2, 0.25) is 76.8 Å². The number of amides is 14. The number of aromatic amines is 2. The third kappa shape index (κ3) is 32.4. The van der Waals surface area contributed by atoms with Crippen molar-refractivity contribution in [2.45, 2.75) is 196 Å². The fourth-order valence-corrected chi connectivity index (χ4v) is 13.8. The van der Waals surface area contributed by atoms with Crippen LogP contribution in [0.2, 0.25) is 0 Å². The maximum absolute atomic E-state index is 15.3. The number of nitrogens with two attached hydrogens (primary N) is 3. The summed E-state index contributed by atoms with van der Waals surface area (Å²) in [7, 11) is 0. The molecule has 0 unspecified atom stereocenters. The highest BCUT2D eigenvalue weighted by molar-refractivity contribution is 7.80. The number of carbonyl (C=O) groups excluding carboxylic acids is 14. The van der Waals surface area contributed by atoms with E-state index < -0.39 is 198 Å². The molecule has 14 amide bonds. The van der Waals surface area contributed by atoms with E-state index in [1.54, 1.807) is 98.9 Å². The molecule has 0 radical (unpaired) electrons. The van der Waals surface area contributed by atoms with E-state index in [9.17, 15) is 57.8 Å². The molecule has 119 heavy (non-hydrogen) atoms. The fraction of sp³-hybridized carbons (Fsp3) is 0.500. The quantitative estimate of drug-likeness (QED) is 0.00916. The minimum absolute atomic E-state index is 0.0111. The number of carboxylic acid groups (broad SMARTS) is 1. The molecule has 1 aliphatic rings. The van der Waals surface area contributed by atoms with Gasteiger partial charge in [0.1, 0.15) is 79.1 Å². The summed E-state index contributed by atoms with van der Waals surface area (Å²) in [6.45, 7) is 5.12. The molecule has 41 heteroatoms. The number of hydrogen-bond donors (Lipinski definition) is 23. The summed E-state index contributed by atoms with van der Waals surface area (Å²) in [6.07, 6.45) is 3.47. The molecule has 2 aromatic heterocycles. The van der Waals surface area contributed by atoms with Crippen LogP contribution < -0.4 is 86.3 Å². The van der Waals surface area contributed by atoms with E-state index in [0.29, 0.717) is 47.8 Å². The Kier molecular flexibility index (Phi) is 40.8. The second kappa shape index (κ2) is 50.3. The first kappa shape index (κ1) is 96.4. The lowest BCUT2D eigenvalue weighted by molar-refractivity contribution is -0.142. The summed E-state index contributed by atoms with van der Waals surface area (Å²) in [6, 6.07) is 7.25. The summed E-state index contributed by atoms with van der Waals surface area (Å²) in [5, 5.41) is 52.5. The van der Waals surface area contributed by atoms with Crippen LogP contribution in [0.4, 0.5) is 4.79 Å². The largest absolute Gasteiger partial charge is 0.481 e. The zero-order valence-electron chi connectivity index (χ0n) is 66.5. The number of imidazole rings is 1. The Balaban J connectivity index is 1.27. The van der Waals surface area contributed by atoms with E-state index >= 15 is 19.2 Å². The molecule has 1 fully saturated rings. The van der Waals surface area contributed by atoms with Crippen LogP contribution in [0.15, 0.2) is 104 Å². The average Bonchev–Trinajstić information content (AvgIpc) is 1.72. The Bertz CT molecular complexity index is 4240. The number of carboxylic acids is 1.